The van der Waals surface area contributed by atoms with Gasteiger partial charge in [-0.05, 0) is 12.5 Å². The highest BCUT2D eigenvalue weighted by Gasteiger charge is 2.38. The van der Waals surface area contributed by atoms with E-state index in [4.69, 9.17) is 5.73 Å². The molecule has 0 amide bonds. The van der Waals surface area contributed by atoms with Crippen molar-refractivity contribution in [2.24, 2.45) is 5.73 Å². The first-order valence-electron chi connectivity index (χ1n) is 5.03. The first kappa shape index (κ1) is 12.9. The molecule has 1 aromatic carbocycles. The lowest BCUT2D eigenvalue weighted by Crippen LogP contribution is -2.30. The molecular formula is C9H10FN3O4S. The van der Waals surface area contributed by atoms with Gasteiger partial charge in [0.25, 0.3) is 5.69 Å². The quantitative estimate of drug-likeness (QED) is 0.597. The van der Waals surface area contributed by atoms with E-state index in [0.717, 1.165) is 12.1 Å². The molecule has 2 rings (SSSR count). The molecule has 7 nitrogen and oxygen atoms in total. The van der Waals surface area contributed by atoms with Gasteiger partial charge in [-0.15, -0.1) is 0 Å². The summed E-state index contributed by atoms with van der Waals surface area (Å²) in [6, 6.07) is 1.71. The van der Waals surface area contributed by atoms with E-state index in [1.54, 1.807) is 0 Å². The highest BCUT2D eigenvalue weighted by Crippen LogP contribution is 2.24. The SMILES string of the molecule is NC1CC1NS(=O)(=O)c1ccc([N+](=O)[O-])cc1F. The van der Waals surface area contributed by atoms with Gasteiger partial charge < -0.3 is 5.73 Å². The van der Waals surface area contributed by atoms with Crippen LogP contribution in [0.1, 0.15) is 6.42 Å². The lowest BCUT2D eigenvalue weighted by molar-refractivity contribution is -0.385. The normalized spacial score (nSPS) is 22.8. The van der Waals surface area contributed by atoms with Gasteiger partial charge in [0.15, 0.2) is 0 Å². The molecule has 0 spiro atoms. The standard InChI is InChI=1S/C9H10FN3O4S/c10-6-3-5(13(14)15)1-2-9(6)18(16,17)12-8-4-7(8)11/h1-3,7-8,12H,4,11H2. The number of benzene rings is 1. The molecule has 0 radical (unpaired) electrons. The maximum absolute atomic E-state index is 13.5. The van der Waals surface area contributed by atoms with Crippen LogP contribution in [0.2, 0.25) is 0 Å². The Kier molecular flexibility index (Phi) is 3.05. The van der Waals surface area contributed by atoms with Crippen LogP contribution >= 0.6 is 0 Å². The van der Waals surface area contributed by atoms with Crippen LogP contribution in [0, 0.1) is 15.9 Å². The predicted octanol–water partition coefficient (Wildman–Crippen LogP) is 0.112. The van der Waals surface area contributed by atoms with Crippen LogP contribution in [0.3, 0.4) is 0 Å². The zero-order valence-corrected chi connectivity index (χ0v) is 9.85. The Morgan fingerprint density at radius 3 is 2.56 bits per heavy atom. The number of nitrogens with two attached hydrogens (primary N) is 1. The molecule has 1 aliphatic carbocycles. The van der Waals surface area contributed by atoms with E-state index in [-0.39, 0.29) is 6.04 Å². The smallest absolute Gasteiger partial charge is 0.272 e. The van der Waals surface area contributed by atoms with E-state index in [1.165, 1.54) is 0 Å². The fourth-order valence-corrected chi connectivity index (χ4v) is 2.79. The molecular weight excluding hydrogens is 265 g/mol. The van der Waals surface area contributed by atoms with Crippen LogP contribution in [0.4, 0.5) is 10.1 Å². The average molecular weight is 275 g/mol. The summed E-state index contributed by atoms with van der Waals surface area (Å²) in [6.45, 7) is 0. The molecule has 0 bridgehead atoms. The van der Waals surface area contributed by atoms with Crippen LogP contribution in [0.5, 0.6) is 0 Å². The molecule has 1 fully saturated rings. The third kappa shape index (κ3) is 2.47. The van der Waals surface area contributed by atoms with Gasteiger partial charge in [-0.25, -0.2) is 17.5 Å². The lowest BCUT2D eigenvalue weighted by atomic mass is 10.3. The van der Waals surface area contributed by atoms with Gasteiger partial charge >= 0.3 is 0 Å². The predicted molar refractivity (Wildman–Crippen MR) is 59.8 cm³/mol. The van der Waals surface area contributed by atoms with Gasteiger partial charge in [-0.1, -0.05) is 0 Å². The maximum Gasteiger partial charge on any atom is 0.272 e. The third-order valence-electron chi connectivity index (χ3n) is 2.56. The summed E-state index contributed by atoms with van der Waals surface area (Å²) in [4.78, 5) is 8.98. The van der Waals surface area contributed by atoms with Crippen LogP contribution in [-0.4, -0.2) is 25.4 Å². The van der Waals surface area contributed by atoms with Crippen molar-refractivity contribution in [3.8, 4) is 0 Å². The van der Waals surface area contributed by atoms with Gasteiger partial charge in [0.05, 0.1) is 11.0 Å². The zero-order valence-electron chi connectivity index (χ0n) is 9.04. The summed E-state index contributed by atoms with van der Waals surface area (Å²) >= 11 is 0. The first-order chi connectivity index (χ1) is 8.31. The Labute approximate surface area is 102 Å². The zero-order chi connectivity index (χ0) is 13.5. The van der Waals surface area contributed by atoms with Gasteiger partial charge in [-0.2, -0.15) is 0 Å². The molecule has 0 aromatic heterocycles. The van der Waals surface area contributed by atoms with E-state index in [1.807, 2.05) is 0 Å². The van der Waals surface area contributed by atoms with Crippen molar-refractivity contribution in [1.82, 2.24) is 4.72 Å². The summed E-state index contributed by atoms with van der Waals surface area (Å²) in [6.07, 6.45) is 0.494. The number of nitrogens with zero attached hydrogens (tertiary/aromatic N) is 1. The number of nitro benzene ring substituents is 1. The van der Waals surface area contributed by atoms with Crippen molar-refractivity contribution in [3.63, 3.8) is 0 Å². The van der Waals surface area contributed by atoms with E-state index in [9.17, 15) is 22.9 Å². The molecule has 9 heteroatoms. The van der Waals surface area contributed by atoms with E-state index in [0.29, 0.717) is 12.5 Å². The second-order valence-corrected chi connectivity index (χ2v) is 5.68. The van der Waals surface area contributed by atoms with Crippen molar-refractivity contribution in [3.05, 3.63) is 34.1 Å². The number of nitro groups is 1. The minimum atomic E-state index is -4.03. The molecule has 1 saturated carbocycles. The Balaban J connectivity index is 2.30. The van der Waals surface area contributed by atoms with E-state index >= 15 is 0 Å². The Morgan fingerprint density at radius 1 is 1.50 bits per heavy atom. The summed E-state index contributed by atoms with van der Waals surface area (Å²) in [5.74, 6) is -1.16. The Hall–Kier alpha value is -1.58. The lowest BCUT2D eigenvalue weighted by Gasteiger charge is -2.06. The average Bonchev–Trinajstić information content (AvgIpc) is 2.92. The molecule has 3 N–H and O–H groups in total. The molecule has 18 heavy (non-hydrogen) atoms. The third-order valence-corrected chi connectivity index (χ3v) is 4.09. The van der Waals surface area contributed by atoms with E-state index in [2.05, 4.69) is 4.72 Å². The fourth-order valence-electron chi connectivity index (χ4n) is 1.43. The highest BCUT2D eigenvalue weighted by atomic mass is 32.2. The number of nitrogens with one attached hydrogen (secondary N) is 1. The Bertz CT molecular complexity index is 604. The maximum atomic E-state index is 13.5. The van der Waals surface area contributed by atoms with Crippen molar-refractivity contribution in [1.29, 1.82) is 0 Å². The second-order valence-electron chi connectivity index (χ2n) is 4.00. The van der Waals surface area contributed by atoms with Gasteiger partial charge in [-0.3, -0.25) is 10.1 Å². The summed E-state index contributed by atoms with van der Waals surface area (Å²) in [7, 11) is -4.03. The molecule has 1 aromatic rings. The fraction of sp³-hybridized carbons (Fsp3) is 0.333. The van der Waals surface area contributed by atoms with Gasteiger partial charge in [0, 0.05) is 18.2 Å². The monoisotopic (exact) mass is 275 g/mol. The second kappa shape index (κ2) is 4.26. The molecule has 2 unspecified atom stereocenters. The summed E-state index contributed by atoms with van der Waals surface area (Å²) in [5.41, 5.74) is 4.94. The molecule has 0 aliphatic heterocycles. The van der Waals surface area contributed by atoms with Gasteiger partial charge in [0.2, 0.25) is 10.0 Å². The number of rotatable bonds is 4. The molecule has 2 atom stereocenters. The summed E-state index contributed by atoms with van der Waals surface area (Å²) in [5, 5.41) is 10.4. The first-order valence-corrected chi connectivity index (χ1v) is 6.51. The largest absolute Gasteiger partial charge is 0.326 e. The summed E-state index contributed by atoms with van der Waals surface area (Å²) < 4.78 is 39.2. The number of non-ortho nitro benzene ring substituents is 1. The van der Waals surface area contributed by atoms with Crippen molar-refractivity contribution in [2.75, 3.05) is 0 Å². The van der Waals surface area contributed by atoms with Crippen LogP contribution in [0.25, 0.3) is 0 Å². The number of sulfonamides is 1. The molecule has 98 valence electrons. The molecule has 0 heterocycles. The van der Waals surface area contributed by atoms with Crippen LogP contribution in [0.15, 0.2) is 23.1 Å². The topological polar surface area (TPSA) is 115 Å². The van der Waals surface area contributed by atoms with E-state index < -0.39 is 37.4 Å². The van der Waals surface area contributed by atoms with Crippen LogP contribution in [-0.2, 0) is 10.0 Å². The van der Waals surface area contributed by atoms with Crippen LogP contribution < -0.4 is 10.5 Å². The molecule has 1 aliphatic rings. The van der Waals surface area contributed by atoms with Crippen molar-refractivity contribution >= 4 is 15.7 Å². The Morgan fingerprint density at radius 2 is 2.11 bits per heavy atom. The van der Waals surface area contributed by atoms with Crippen molar-refractivity contribution in [2.45, 2.75) is 23.4 Å². The number of hydrogen-bond acceptors (Lipinski definition) is 5. The minimum Gasteiger partial charge on any atom is -0.326 e. The van der Waals surface area contributed by atoms with Gasteiger partial charge in [0.1, 0.15) is 10.7 Å². The minimum absolute atomic E-state index is 0.263. The number of halogens is 1. The van der Waals surface area contributed by atoms with Crippen molar-refractivity contribution < 1.29 is 17.7 Å². The number of hydrogen-bond donors (Lipinski definition) is 2. The highest BCUT2D eigenvalue weighted by molar-refractivity contribution is 7.89. The molecule has 0 saturated heterocycles.